The number of methoxy groups -OCH3 is 1. The van der Waals surface area contributed by atoms with Crippen LogP contribution in [-0.2, 0) is 16.0 Å². The van der Waals surface area contributed by atoms with E-state index in [1.54, 1.807) is 36.4 Å². The molecular weight excluding hydrogens is 557 g/mol. The molecule has 8 nitrogen and oxygen atoms in total. The molecular formula is C28H27BrFN3O5. The Balaban J connectivity index is 1.42. The zero-order valence-electron chi connectivity index (χ0n) is 20.7. The van der Waals surface area contributed by atoms with E-state index >= 15 is 4.39 Å². The van der Waals surface area contributed by atoms with Gasteiger partial charge < -0.3 is 20.1 Å². The van der Waals surface area contributed by atoms with Gasteiger partial charge in [0.25, 0.3) is 0 Å². The normalized spacial score (nSPS) is 14.8. The monoisotopic (exact) mass is 583 g/mol. The lowest BCUT2D eigenvalue weighted by Crippen LogP contribution is -2.55. The van der Waals surface area contributed by atoms with Gasteiger partial charge >= 0.3 is 18.0 Å². The molecule has 1 unspecified atom stereocenters. The highest BCUT2D eigenvalue weighted by molar-refractivity contribution is 9.10. The Morgan fingerprint density at radius 2 is 1.61 bits per heavy atom. The molecule has 4 rings (SSSR count). The Bertz CT molecular complexity index is 1300. The van der Waals surface area contributed by atoms with Crippen molar-refractivity contribution in [3.05, 3.63) is 88.4 Å². The number of nitrogens with one attached hydrogen (secondary N) is 2. The van der Waals surface area contributed by atoms with Gasteiger partial charge in [-0.1, -0.05) is 24.3 Å². The number of nitrogens with zero attached hydrogens (tertiary/aromatic N) is 1. The minimum absolute atomic E-state index is 0.121. The zero-order valence-corrected chi connectivity index (χ0v) is 22.3. The summed E-state index contributed by atoms with van der Waals surface area (Å²) < 4.78 is 27.3. The minimum atomic E-state index is -2.66. The molecule has 1 atom stereocenters. The van der Waals surface area contributed by atoms with Gasteiger partial charge in [0.15, 0.2) is 0 Å². The predicted molar refractivity (Wildman–Crippen MR) is 145 cm³/mol. The average Bonchev–Trinajstić information content (AvgIpc) is 3.47. The van der Waals surface area contributed by atoms with E-state index in [1.807, 2.05) is 12.1 Å². The van der Waals surface area contributed by atoms with E-state index in [1.165, 1.54) is 36.3 Å². The number of ether oxygens (including phenoxy) is 2. The average molecular weight is 584 g/mol. The quantitative estimate of drug-likeness (QED) is 0.244. The number of halogens is 2. The van der Waals surface area contributed by atoms with Crippen molar-refractivity contribution in [2.75, 3.05) is 30.8 Å². The molecule has 3 aromatic rings. The van der Waals surface area contributed by atoms with Crippen molar-refractivity contribution < 1.29 is 28.2 Å². The molecule has 0 aromatic heterocycles. The molecule has 3 aromatic carbocycles. The summed E-state index contributed by atoms with van der Waals surface area (Å²) in [7, 11) is 1.27. The fourth-order valence-corrected chi connectivity index (χ4v) is 4.47. The van der Waals surface area contributed by atoms with Crippen molar-refractivity contribution in [2.45, 2.75) is 25.2 Å². The molecule has 2 amide bonds. The number of Topliss-reactive ketones (excluding diaryl/α,β-unsaturated/α-hetero) is 1. The molecule has 0 bridgehead atoms. The summed E-state index contributed by atoms with van der Waals surface area (Å²) in [6.07, 6.45) is 1.30. The number of amides is 2. The number of hydrogen-bond donors (Lipinski definition) is 2. The van der Waals surface area contributed by atoms with Gasteiger partial charge in [-0.3, -0.25) is 4.79 Å². The summed E-state index contributed by atoms with van der Waals surface area (Å²) in [6, 6.07) is 19.2. The largest absolute Gasteiger partial charge is 0.465 e. The highest BCUT2D eigenvalue weighted by Crippen LogP contribution is 2.30. The van der Waals surface area contributed by atoms with Gasteiger partial charge in [-0.25, -0.2) is 14.5 Å². The molecule has 2 N–H and O–H groups in total. The molecule has 1 aliphatic rings. The molecule has 0 aliphatic carbocycles. The topological polar surface area (TPSA) is 97.0 Å². The number of para-hydroxylation sites is 1. The molecule has 198 valence electrons. The standard InChI is InChI=1S/C28H27BrFN3O5/c1-37-26(35)20-10-14-22(15-11-20)38-28(30,33-16-4-5-17-33)25(34)18-19-8-12-21(13-9-19)31-27(36)32-24-7-3-2-6-23(24)29/h2-3,6-15H,4-5,16-18H2,1H3,(H2,31,32,36). The number of carbonyl (C=O) groups excluding carboxylic acids is 3. The van der Waals surface area contributed by atoms with Crippen molar-refractivity contribution in [3.63, 3.8) is 0 Å². The van der Waals surface area contributed by atoms with E-state index in [0.29, 0.717) is 30.0 Å². The third kappa shape index (κ3) is 6.56. The minimum Gasteiger partial charge on any atom is -0.465 e. The SMILES string of the molecule is COC(=O)c1ccc(OC(F)(C(=O)Cc2ccc(NC(=O)Nc3ccccc3Br)cc2)N2CCCC2)cc1. The molecule has 1 heterocycles. The second-order valence-electron chi connectivity index (χ2n) is 8.73. The van der Waals surface area contributed by atoms with Crippen LogP contribution in [0.5, 0.6) is 5.75 Å². The van der Waals surface area contributed by atoms with Crippen LogP contribution in [0.3, 0.4) is 0 Å². The number of carbonyl (C=O) groups is 3. The Labute approximate surface area is 228 Å². The second-order valence-corrected chi connectivity index (χ2v) is 9.58. The molecule has 0 radical (unpaired) electrons. The van der Waals surface area contributed by atoms with E-state index in [0.717, 1.165) is 17.3 Å². The number of alkyl halides is 1. The number of rotatable bonds is 9. The van der Waals surface area contributed by atoms with Crippen LogP contribution in [0, 0.1) is 0 Å². The fourth-order valence-electron chi connectivity index (χ4n) is 4.08. The van der Waals surface area contributed by atoms with Gasteiger partial charge in [0, 0.05) is 29.7 Å². The Morgan fingerprint density at radius 1 is 0.947 bits per heavy atom. The van der Waals surface area contributed by atoms with Crippen LogP contribution in [0.1, 0.15) is 28.8 Å². The lowest BCUT2D eigenvalue weighted by molar-refractivity contribution is -0.191. The summed E-state index contributed by atoms with van der Waals surface area (Å²) in [5, 5.41) is 5.47. The Hall–Kier alpha value is -3.76. The summed E-state index contributed by atoms with van der Waals surface area (Å²) in [5.74, 6) is -3.81. The number of anilines is 2. The second kappa shape index (κ2) is 12.2. The van der Waals surface area contributed by atoms with Gasteiger partial charge in [-0.05, 0) is 82.9 Å². The van der Waals surface area contributed by atoms with Crippen LogP contribution in [0.15, 0.2) is 77.3 Å². The van der Waals surface area contributed by atoms with Crippen LogP contribution < -0.4 is 15.4 Å². The van der Waals surface area contributed by atoms with Crippen molar-refractivity contribution in [2.24, 2.45) is 0 Å². The molecule has 0 spiro atoms. The van der Waals surface area contributed by atoms with Crippen molar-refractivity contribution in [3.8, 4) is 5.75 Å². The van der Waals surface area contributed by atoms with E-state index in [-0.39, 0.29) is 17.7 Å². The van der Waals surface area contributed by atoms with Crippen molar-refractivity contribution in [1.82, 2.24) is 4.90 Å². The van der Waals surface area contributed by atoms with E-state index in [4.69, 9.17) is 4.74 Å². The number of benzene rings is 3. The number of urea groups is 1. The van der Waals surface area contributed by atoms with E-state index in [2.05, 4.69) is 31.3 Å². The highest BCUT2D eigenvalue weighted by Gasteiger charge is 2.48. The van der Waals surface area contributed by atoms with E-state index in [9.17, 15) is 14.4 Å². The van der Waals surface area contributed by atoms with Crippen molar-refractivity contribution in [1.29, 1.82) is 0 Å². The first-order valence-electron chi connectivity index (χ1n) is 12.0. The zero-order chi connectivity index (χ0) is 27.1. The smallest absolute Gasteiger partial charge is 0.371 e. The van der Waals surface area contributed by atoms with E-state index < -0.39 is 23.8 Å². The Kier molecular flexibility index (Phi) is 8.75. The van der Waals surface area contributed by atoms with Crippen LogP contribution in [-0.4, -0.2) is 48.9 Å². The lowest BCUT2D eigenvalue weighted by Gasteiger charge is -2.33. The van der Waals surface area contributed by atoms with Crippen LogP contribution in [0.25, 0.3) is 0 Å². The highest BCUT2D eigenvalue weighted by atomic mass is 79.9. The first kappa shape index (κ1) is 27.3. The summed E-state index contributed by atoms with van der Waals surface area (Å²) in [6.45, 7) is 0.774. The maximum atomic E-state index is 16.3. The Morgan fingerprint density at radius 3 is 2.24 bits per heavy atom. The first-order valence-corrected chi connectivity index (χ1v) is 12.8. The van der Waals surface area contributed by atoms with Gasteiger partial charge in [0.2, 0.25) is 5.78 Å². The fraction of sp³-hybridized carbons (Fsp3) is 0.250. The van der Waals surface area contributed by atoms with Crippen LogP contribution in [0.2, 0.25) is 0 Å². The molecule has 1 fully saturated rings. The molecule has 1 aliphatic heterocycles. The third-order valence-corrected chi connectivity index (χ3v) is 6.78. The van der Waals surface area contributed by atoms with Crippen LogP contribution >= 0.6 is 15.9 Å². The van der Waals surface area contributed by atoms with Crippen LogP contribution in [0.4, 0.5) is 20.6 Å². The first-order chi connectivity index (χ1) is 18.3. The predicted octanol–water partition coefficient (Wildman–Crippen LogP) is 5.79. The molecule has 38 heavy (non-hydrogen) atoms. The third-order valence-electron chi connectivity index (χ3n) is 6.08. The number of esters is 1. The summed E-state index contributed by atoms with van der Waals surface area (Å²) >= 11 is 3.38. The molecule has 0 saturated carbocycles. The summed E-state index contributed by atoms with van der Waals surface area (Å²) in [5.41, 5.74) is 1.99. The molecule has 1 saturated heterocycles. The lowest BCUT2D eigenvalue weighted by atomic mass is 10.1. The molecule has 10 heteroatoms. The van der Waals surface area contributed by atoms with Gasteiger partial charge in [0.05, 0.1) is 18.4 Å². The van der Waals surface area contributed by atoms with Crippen molar-refractivity contribution >= 4 is 45.1 Å². The van der Waals surface area contributed by atoms with Gasteiger partial charge in [-0.2, -0.15) is 4.39 Å². The summed E-state index contributed by atoms with van der Waals surface area (Å²) in [4.78, 5) is 38.7. The number of hydrogen-bond acceptors (Lipinski definition) is 6. The number of ketones is 1. The number of likely N-dealkylation sites (tertiary alicyclic amines) is 1. The maximum Gasteiger partial charge on any atom is 0.371 e. The van der Waals surface area contributed by atoms with Gasteiger partial charge in [-0.15, -0.1) is 0 Å². The van der Waals surface area contributed by atoms with Gasteiger partial charge in [0.1, 0.15) is 5.75 Å². The maximum absolute atomic E-state index is 16.3.